The summed E-state index contributed by atoms with van der Waals surface area (Å²) in [4.78, 5) is 45.4. The fourth-order valence-corrected chi connectivity index (χ4v) is 5.84. The van der Waals surface area contributed by atoms with E-state index in [0.29, 0.717) is 57.5 Å². The number of halogens is 6. The molecule has 0 radical (unpaired) electrons. The summed E-state index contributed by atoms with van der Waals surface area (Å²) >= 11 is 23.5. The van der Waals surface area contributed by atoms with Crippen molar-refractivity contribution in [3.8, 4) is 23.0 Å². The zero-order valence-electron chi connectivity index (χ0n) is 29.2. The van der Waals surface area contributed by atoms with E-state index >= 15 is 0 Å². The number of amides is 2. The standard InChI is InChI=1S/C22H16Cl2FNO4.C20H12Cl2FNO3/c23-16-7-5-13(11-17(16)24)22(27)26-14-6-8-21(18(25)12-14)29-19-4-2-1-3-15(19)20-9-10-28-30-20;21-16-7-3-13(9-17(16)22)20(26)24-14-4-8-19(18(23)10-14)27-15-5-1-12(11-25)2-6-15/h1-8,11-12,20H,9-10H2,(H,26,27);1-11H,(H,24,26). The Morgan fingerprint density at radius 2 is 1.18 bits per heavy atom. The van der Waals surface area contributed by atoms with Crippen molar-refractivity contribution in [2.75, 3.05) is 17.2 Å². The first-order valence-electron chi connectivity index (χ1n) is 16.9. The second kappa shape index (κ2) is 19.1. The van der Waals surface area contributed by atoms with Crippen LogP contribution in [0.3, 0.4) is 0 Å². The van der Waals surface area contributed by atoms with Crippen LogP contribution in [0.25, 0.3) is 0 Å². The van der Waals surface area contributed by atoms with Crippen molar-refractivity contribution in [3.05, 3.63) is 175 Å². The molecule has 9 nitrogen and oxygen atoms in total. The van der Waals surface area contributed by atoms with Crippen molar-refractivity contribution in [1.29, 1.82) is 0 Å². The van der Waals surface area contributed by atoms with Crippen LogP contribution in [0.5, 0.6) is 23.0 Å². The number of anilines is 2. The first-order valence-corrected chi connectivity index (χ1v) is 18.4. The Kier molecular flexibility index (Phi) is 13.8. The molecule has 1 unspecified atom stereocenters. The first-order chi connectivity index (χ1) is 27.5. The molecule has 15 heteroatoms. The van der Waals surface area contributed by atoms with E-state index in [1.54, 1.807) is 42.5 Å². The second-order valence-electron chi connectivity index (χ2n) is 12.1. The maximum absolute atomic E-state index is 14.6. The maximum Gasteiger partial charge on any atom is 0.255 e. The summed E-state index contributed by atoms with van der Waals surface area (Å²) in [6.45, 7) is 0.487. The van der Waals surface area contributed by atoms with Gasteiger partial charge in [0.2, 0.25) is 0 Å². The predicted molar refractivity (Wildman–Crippen MR) is 214 cm³/mol. The third-order valence-corrected chi connectivity index (χ3v) is 9.60. The van der Waals surface area contributed by atoms with Crippen LogP contribution in [0.1, 0.15) is 49.2 Å². The minimum Gasteiger partial charge on any atom is -0.454 e. The van der Waals surface area contributed by atoms with Gasteiger partial charge in [0.25, 0.3) is 11.8 Å². The molecule has 6 aromatic carbocycles. The van der Waals surface area contributed by atoms with Gasteiger partial charge in [-0.25, -0.2) is 18.6 Å². The monoisotopic (exact) mass is 850 g/mol. The van der Waals surface area contributed by atoms with Crippen LogP contribution in [0.15, 0.2) is 121 Å². The lowest BCUT2D eigenvalue weighted by Crippen LogP contribution is -2.12. The summed E-state index contributed by atoms with van der Waals surface area (Å²) in [6, 6.07) is 30.6. The van der Waals surface area contributed by atoms with Crippen molar-refractivity contribution in [2.24, 2.45) is 0 Å². The molecule has 2 N–H and O–H groups in total. The third kappa shape index (κ3) is 10.9. The van der Waals surface area contributed by atoms with Crippen LogP contribution in [0.4, 0.5) is 20.2 Å². The molecular formula is C42H28Cl4F2N2O7. The Hall–Kier alpha value is -5.53. The highest BCUT2D eigenvalue weighted by atomic mass is 35.5. The number of benzene rings is 6. The molecule has 0 bridgehead atoms. The normalized spacial score (nSPS) is 13.2. The summed E-state index contributed by atoms with van der Waals surface area (Å²) in [7, 11) is 0. The Balaban J connectivity index is 0.000000194. The highest BCUT2D eigenvalue weighted by molar-refractivity contribution is 6.42. The molecule has 57 heavy (non-hydrogen) atoms. The summed E-state index contributed by atoms with van der Waals surface area (Å²) < 4.78 is 40.1. The molecule has 6 aromatic rings. The van der Waals surface area contributed by atoms with Crippen molar-refractivity contribution in [1.82, 2.24) is 0 Å². The third-order valence-electron chi connectivity index (χ3n) is 8.12. The smallest absolute Gasteiger partial charge is 0.255 e. The van der Waals surface area contributed by atoms with E-state index in [1.807, 2.05) is 12.1 Å². The molecule has 7 rings (SSSR count). The molecule has 1 fully saturated rings. The number of nitrogens with one attached hydrogen (secondary N) is 2. The zero-order valence-corrected chi connectivity index (χ0v) is 32.3. The van der Waals surface area contributed by atoms with E-state index in [1.165, 1.54) is 60.7 Å². The van der Waals surface area contributed by atoms with E-state index in [0.717, 1.165) is 11.6 Å². The minimum absolute atomic E-state index is 0.0126. The first kappa shape index (κ1) is 41.1. The molecule has 1 heterocycles. The number of carbonyl (C=O) groups excluding carboxylic acids is 3. The fraction of sp³-hybridized carbons (Fsp3) is 0.0714. The van der Waals surface area contributed by atoms with Gasteiger partial charge in [0.1, 0.15) is 23.9 Å². The molecule has 2 amide bonds. The molecule has 1 aliphatic rings. The molecule has 0 aliphatic carbocycles. The molecule has 0 saturated carbocycles. The van der Waals surface area contributed by atoms with Gasteiger partial charge in [-0.15, -0.1) is 0 Å². The lowest BCUT2D eigenvalue weighted by molar-refractivity contribution is -0.276. The van der Waals surface area contributed by atoms with Gasteiger partial charge in [0.15, 0.2) is 23.1 Å². The van der Waals surface area contributed by atoms with Crippen molar-refractivity contribution >= 4 is 75.9 Å². The molecule has 1 aliphatic heterocycles. The largest absolute Gasteiger partial charge is 0.454 e. The van der Waals surface area contributed by atoms with E-state index in [4.69, 9.17) is 65.7 Å². The van der Waals surface area contributed by atoms with E-state index in [9.17, 15) is 23.2 Å². The number of aldehydes is 1. The van der Waals surface area contributed by atoms with E-state index in [-0.39, 0.29) is 39.0 Å². The van der Waals surface area contributed by atoms with Gasteiger partial charge in [-0.2, -0.15) is 0 Å². The average molecular weight is 853 g/mol. The van der Waals surface area contributed by atoms with Crippen LogP contribution in [-0.2, 0) is 9.78 Å². The predicted octanol–water partition coefficient (Wildman–Crippen LogP) is 12.6. The Bertz CT molecular complexity index is 2430. The minimum atomic E-state index is -0.651. The van der Waals surface area contributed by atoms with E-state index in [2.05, 4.69) is 10.6 Å². The summed E-state index contributed by atoms with van der Waals surface area (Å²) in [5.41, 5.74) is 2.39. The average Bonchev–Trinajstić information content (AvgIpc) is 3.75. The maximum atomic E-state index is 14.6. The fourth-order valence-electron chi connectivity index (χ4n) is 5.24. The number of ether oxygens (including phenoxy) is 2. The number of hydrogen-bond acceptors (Lipinski definition) is 7. The lowest BCUT2D eigenvalue weighted by atomic mass is 10.1. The summed E-state index contributed by atoms with van der Waals surface area (Å²) in [5, 5.41) is 6.38. The van der Waals surface area contributed by atoms with Crippen LogP contribution in [-0.4, -0.2) is 24.7 Å². The summed E-state index contributed by atoms with van der Waals surface area (Å²) in [6.07, 6.45) is 1.12. The van der Waals surface area contributed by atoms with Crippen LogP contribution in [0, 0.1) is 11.6 Å². The van der Waals surface area contributed by atoms with Crippen molar-refractivity contribution in [3.63, 3.8) is 0 Å². The van der Waals surface area contributed by atoms with Gasteiger partial charge in [0.05, 0.1) is 26.7 Å². The highest BCUT2D eigenvalue weighted by Crippen LogP contribution is 2.37. The topological polar surface area (TPSA) is 112 Å². The number of rotatable bonds is 10. The number of carbonyl (C=O) groups is 3. The zero-order chi connectivity index (χ0) is 40.5. The van der Waals surface area contributed by atoms with Crippen LogP contribution < -0.4 is 20.1 Å². The number of hydrogen-bond donors (Lipinski definition) is 2. The SMILES string of the molecule is O=C(Nc1ccc(Oc2ccccc2C2CCOO2)c(F)c1)c1ccc(Cl)c(Cl)c1.O=Cc1ccc(Oc2ccc(NC(=O)c3ccc(Cl)c(Cl)c3)cc2F)cc1. The van der Waals surface area contributed by atoms with Gasteiger partial charge in [-0.3, -0.25) is 14.4 Å². The quantitative estimate of drug-likeness (QED) is 0.104. The highest BCUT2D eigenvalue weighted by Gasteiger charge is 2.24. The second-order valence-corrected chi connectivity index (χ2v) is 13.7. The number of para-hydroxylation sites is 1. The Labute approximate surface area is 344 Å². The van der Waals surface area contributed by atoms with E-state index < -0.39 is 23.4 Å². The van der Waals surface area contributed by atoms with Gasteiger partial charge in [-0.1, -0.05) is 64.6 Å². The lowest BCUT2D eigenvalue weighted by Gasteiger charge is -2.15. The van der Waals surface area contributed by atoms with Gasteiger partial charge >= 0.3 is 0 Å². The van der Waals surface area contributed by atoms with Crippen molar-refractivity contribution in [2.45, 2.75) is 12.5 Å². The Morgan fingerprint density at radius 1 is 0.632 bits per heavy atom. The van der Waals surface area contributed by atoms with Gasteiger partial charge in [0, 0.05) is 52.2 Å². The van der Waals surface area contributed by atoms with Gasteiger partial charge in [-0.05, 0) is 91.0 Å². The summed E-state index contributed by atoms with van der Waals surface area (Å²) in [5.74, 6) is -1.31. The Morgan fingerprint density at radius 3 is 1.67 bits per heavy atom. The molecule has 290 valence electrons. The molecule has 0 spiro atoms. The molecular weight excluding hydrogens is 824 g/mol. The van der Waals surface area contributed by atoms with Crippen molar-refractivity contribution < 1.29 is 42.4 Å². The molecule has 1 saturated heterocycles. The van der Waals surface area contributed by atoms with Crippen LogP contribution >= 0.6 is 46.4 Å². The van der Waals surface area contributed by atoms with Gasteiger partial charge < -0.3 is 20.1 Å². The molecule has 1 atom stereocenters. The molecule has 0 aromatic heterocycles. The van der Waals surface area contributed by atoms with Crippen LogP contribution in [0.2, 0.25) is 20.1 Å².